The van der Waals surface area contributed by atoms with Crippen molar-refractivity contribution in [3.63, 3.8) is 0 Å². The molecule has 0 unspecified atom stereocenters. The average Bonchev–Trinajstić information content (AvgIpc) is 2.90. The zero-order chi connectivity index (χ0) is 20.1. The lowest BCUT2D eigenvalue weighted by Gasteiger charge is -2.13. The van der Waals surface area contributed by atoms with E-state index in [-0.39, 0.29) is 0 Å². The number of halogens is 1. The number of nitrogens with one attached hydrogen (secondary N) is 1. The zero-order valence-electron chi connectivity index (χ0n) is 16.7. The van der Waals surface area contributed by atoms with Crippen LogP contribution in [0.25, 0.3) is 0 Å². The van der Waals surface area contributed by atoms with Crippen LogP contribution in [0.1, 0.15) is 65.0 Å². The topological polar surface area (TPSA) is 54.3 Å². The van der Waals surface area contributed by atoms with E-state index in [9.17, 15) is 9.90 Å². The summed E-state index contributed by atoms with van der Waals surface area (Å²) in [7, 11) is 0. The molecule has 0 spiro atoms. The van der Waals surface area contributed by atoms with E-state index in [2.05, 4.69) is 16.0 Å². The highest BCUT2D eigenvalue weighted by Gasteiger charge is 2.22. The first kappa shape index (κ1) is 20.7. The van der Waals surface area contributed by atoms with E-state index in [0.717, 1.165) is 35.5 Å². The number of nitrogens with zero attached hydrogens (tertiary/aromatic N) is 1. The number of carboxylic acids is 1. The average molecular weight is 401 g/mol. The van der Waals surface area contributed by atoms with Crippen LogP contribution >= 0.6 is 11.6 Å². The molecule has 2 N–H and O–H groups in total. The lowest BCUT2D eigenvalue weighted by atomic mass is 9.97. The number of aromatic nitrogens is 1. The maximum Gasteiger partial charge on any atom is 0.337 e. The number of allylic oxidation sites excluding steroid dienone is 1. The van der Waals surface area contributed by atoms with Gasteiger partial charge in [-0.25, -0.2) is 4.79 Å². The zero-order valence-corrected chi connectivity index (χ0v) is 17.5. The molecule has 0 amide bonds. The van der Waals surface area contributed by atoms with Gasteiger partial charge in [-0.05, 0) is 70.2 Å². The van der Waals surface area contributed by atoms with Crippen LogP contribution in [0, 0.1) is 13.8 Å². The molecule has 0 bridgehead atoms. The molecular weight excluding hydrogens is 372 g/mol. The fourth-order valence-electron chi connectivity index (χ4n) is 4.10. The first-order valence-electron chi connectivity index (χ1n) is 10.0. The lowest BCUT2D eigenvalue weighted by Crippen LogP contribution is -2.18. The van der Waals surface area contributed by atoms with Crippen LogP contribution in [0.2, 0.25) is 5.02 Å². The van der Waals surface area contributed by atoms with Crippen molar-refractivity contribution in [2.45, 2.75) is 59.0 Å². The molecule has 5 heteroatoms. The Balaban J connectivity index is 1.74. The van der Waals surface area contributed by atoms with Crippen molar-refractivity contribution in [2.75, 3.05) is 6.54 Å². The largest absolute Gasteiger partial charge is 0.478 e. The Morgan fingerprint density at radius 2 is 2.07 bits per heavy atom. The number of hydrogen-bond donors (Lipinski definition) is 2. The van der Waals surface area contributed by atoms with Crippen molar-refractivity contribution in [2.24, 2.45) is 0 Å². The number of aromatic carboxylic acids is 1. The number of benzene rings is 1. The molecule has 4 nitrogen and oxygen atoms in total. The van der Waals surface area contributed by atoms with Gasteiger partial charge in [0.15, 0.2) is 0 Å². The van der Waals surface area contributed by atoms with Crippen molar-refractivity contribution in [1.29, 1.82) is 0 Å². The van der Waals surface area contributed by atoms with Gasteiger partial charge >= 0.3 is 5.97 Å². The Morgan fingerprint density at radius 3 is 2.75 bits per heavy atom. The second kappa shape index (κ2) is 9.44. The summed E-state index contributed by atoms with van der Waals surface area (Å²) in [5, 5.41) is 13.9. The molecule has 1 heterocycles. The number of rotatable bonds is 8. The van der Waals surface area contributed by atoms with Crippen molar-refractivity contribution in [3.8, 4) is 0 Å². The predicted octanol–water partition coefficient (Wildman–Crippen LogP) is 5.48. The molecule has 0 atom stereocenters. The third-order valence-electron chi connectivity index (χ3n) is 5.66. The monoisotopic (exact) mass is 400 g/mol. The highest BCUT2D eigenvalue weighted by Crippen LogP contribution is 2.25. The van der Waals surface area contributed by atoms with Crippen molar-refractivity contribution >= 4 is 17.6 Å². The van der Waals surface area contributed by atoms with E-state index in [1.54, 1.807) is 0 Å². The van der Waals surface area contributed by atoms with Gasteiger partial charge in [0.1, 0.15) is 0 Å². The summed E-state index contributed by atoms with van der Waals surface area (Å²) >= 11 is 6.11. The van der Waals surface area contributed by atoms with Crippen LogP contribution in [-0.2, 0) is 13.1 Å². The standard InChI is InChI=1S/C23H29ClN2O2/c1-16-21(14-25-12-11-18-7-4-3-5-8-18)22(23(27)28)17(2)26(16)15-19-9-6-10-20(24)13-19/h6-7,9-10,13,25H,3-5,8,11-12,14-15H2,1-2H3,(H,27,28). The third kappa shape index (κ3) is 4.86. The summed E-state index contributed by atoms with van der Waals surface area (Å²) in [6.07, 6.45) is 8.41. The molecule has 1 aliphatic rings. The van der Waals surface area contributed by atoms with Crippen molar-refractivity contribution in [1.82, 2.24) is 9.88 Å². The molecule has 0 saturated carbocycles. The normalized spacial score (nSPS) is 14.2. The van der Waals surface area contributed by atoms with Crippen LogP contribution in [-0.4, -0.2) is 22.2 Å². The Kier molecular flexibility index (Phi) is 6.97. The molecule has 1 aromatic heterocycles. The predicted molar refractivity (Wildman–Crippen MR) is 114 cm³/mol. The maximum atomic E-state index is 11.9. The van der Waals surface area contributed by atoms with Crippen LogP contribution in [0.3, 0.4) is 0 Å². The smallest absolute Gasteiger partial charge is 0.337 e. The lowest BCUT2D eigenvalue weighted by molar-refractivity contribution is 0.0694. The third-order valence-corrected chi connectivity index (χ3v) is 5.90. The number of carboxylic acid groups (broad SMARTS) is 1. The summed E-state index contributed by atoms with van der Waals surface area (Å²) in [5.41, 5.74) is 5.68. The van der Waals surface area contributed by atoms with Gasteiger partial charge in [-0.3, -0.25) is 0 Å². The van der Waals surface area contributed by atoms with Gasteiger partial charge in [0.05, 0.1) is 5.56 Å². The van der Waals surface area contributed by atoms with Gasteiger partial charge in [-0.15, -0.1) is 0 Å². The summed E-state index contributed by atoms with van der Waals surface area (Å²) in [5.74, 6) is -0.864. The SMILES string of the molecule is Cc1c(CNCCC2=CCCCC2)c(C(=O)O)c(C)n1Cc1cccc(Cl)c1. The van der Waals surface area contributed by atoms with Crippen LogP contribution in [0.15, 0.2) is 35.9 Å². The molecule has 3 rings (SSSR count). The fraction of sp³-hybridized carbons (Fsp3) is 0.435. The minimum atomic E-state index is -0.864. The minimum Gasteiger partial charge on any atom is -0.478 e. The summed E-state index contributed by atoms with van der Waals surface area (Å²) in [6, 6.07) is 7.71. The van der Waals surface area contributed by atoms with E-state index < -0.39 is 5.97 Å². The van der Waals surface area contributed by atoms with E-state index in [1.165, 1.54) is 31.3 Å². The van der Waals surface area contributed by atoms with Gasteiger partial charge < -0.3 is 15.0 Å². The van der Waals surface area contributed by atoms with Crippen LogP contribution in [0.5, 0.6) is 0 Å². The van der Waals surface area contributed by atoms with Gasteiger partial charge in [-0.2, -0.15) is 0 Å². The van der Waals surface area contributed by atoms with Gasteiger partial charge in [-0.1, -0.05) is 35.4 Å². The molecule has 0 saturated heterocycles. The summed E-state index contributed by atoms with van der Waals surface area (Å²) in [4.78, 5) is 11.9. The second-order valence-corrected chi connectivity index (χ2v) is 8.02. The summed E-state index contributed by atoms with van der Waals surface area (Å²) in [6.45, 7) is 5.96. The van der Waals surface area contributed by atoms with Gasteiger partial charge in [0, 0.05) is 35.1 Å². The highest BCUT2D eigenvalue weighted by molar-refractivity contribution is 6.30. The fourth-order valence-corrected chi connectivity index (χ4v) is 4.31. The van der Waals surface area contributed by atoms with Crippen molar-refractivity contribution in [3.05, 3.63) is 69.0 Å². The van der Waals surface area contributed by atoms with E-state index >= 15 is 0 Å². The molecule has 1 aromatic carbocycles. The van der Waals surface area contributed by atoms with Crippen LogP contribution < -0.4 is 5.32 Å². The first-order valence-corrected chi connectivity index (χ1v) is 10.4. The minimum absolute atomic E-state index is 0.420. The van der Waals surface area contributed by atoms with E-state index in [1.807, 2.05) is 38.1 Å². The Bertz CT molecular complexity index is 883. The quantitative estimate of drug-likeness (QED) is 0.455. The van der Waals surface area contributed by atoms with E-state index in [4.69, 9.17) is 11.6 Å². The summed E-state index contributed by atoms with van der Waals surface area (Å²) < 4.78 is 2.08. The molecule has 0 fully saturated rings. The Hall–Kier alpha value is -2.04. The van der Waals surface area contributed by atoms with Gasteiger partial charge in [0.2, 0.25) is 0 Å². The molecule has 150 valence electrons. The second-order valence-electron chi connectivity index (χ2n) is 7.58. The highest BCUT2D eigenvalue weighted by atomic mass is 35.5. The Labute approximate surface area is 172 Å². The number of hydrogen-bond acceptors (Lipinski definition) is 2. The first-order chi connectivity index (χ1) is 13.5. The Morgan fingerprint density at radius 1 is 1.25 bits per heavy atom. The van der Waals surface area contributed by atoms with Crippen LogP contribution in [0.4, 0.5) is 0 Å². The maximum absolute atomic E-state index is 11.9. The molecule has 2 aromatic rings. The molecule has 0 radical (unpaired) electrons. The van der Waals surface area contributed by atoms with E-state index in [0.29, 0.717) is 23.7 Å². The molecule has 1 aliphatic carbocycles. The molecular formula is C23H29ClN2O2. The van der Waals surface area contributed by atoms with Gasteiger partial charge in [0.25, 0.3) is 0 Å². The molecule has 0 aliphatic heterocycles. The van der Waals surface area contributed by atoms with Crippen molar-refractivity contribution < 1.29 is 9.90 Å². The molecule has 28 heavy (non-hydrogen) atoms. The number of carbonyl (C=O) groups is 1.